The zero-order valence-electron chi connectivity index (χ0n) is 19.4. The molecule has 0 unspecified atom stereocenters. The Hall–Kier alpha value is -3.96. The highest BCUT2D eigenvalue weighted by molar-refractivity contribution is 5.96. The molecular formula is C24H26F3N3O6. The smallest absolute Gasteiger partial charge is 0.490 e. The summed E-state index contributed by atoms with van der Waals surface area (Å²) in [6, 6.07) is 10.9. The van der Waals surface area contributed by atoms with E-state index >= 15 is 0 Å². The van der Waals surface area contributed by atoms with Crippen molar-refractivity contribution < 1.29 is 41.8 Å². The molecule has 0 spiro atoms. The number of carbonyl (C=O) groups excluding carboxylic acids is 3. The molecule has 3 N–H and O–H groups in total. The lowest BCUT2D eigenvalue weighted by molar-refractivity contribution is -0.274. The summed E-state index contributed by atoms with van der Waals surface area (Å²) in [4.78, 5) is 35.4. The summed E-state index contributed by atoms with van der Waals surface area (Å²) in [5.74, 6) is -0.711. The zero-order chi connectivity index (χ0) is 26.1. The molecular weight excluding hydrogens is 483 g/mol. The number of hydrogen-bond acceptors (Lipinski definition) is 6. The van der Waals surface area contributed by atoms with Crippen molar-refractivity contribution in [2.75, 3.05) is 19.0 Å². The third-order valence-corrected chi connectivity index (χ3v) is 5.40. The lowest BCUT2D eigenvalue weighted by atomic mass is 9.93. The van der Waals surface area contributed by atoms with E-state index in [0.29, 0.717) is 42.7 Å². The zero-order valence-corrected chi connectivity index (χ0v) is 19.4. The second kappa shape index (κ2) is 12.1. The van der Waals surface area contributed by atoms with E-state index in [1.54, 1.807) is 24.3 Å². The topological polar surface area (TPSA) is 115 Å². The first-order valence-electron chi connectivity index (χ1n) is 11.2. The average Bonchev–Trinajstić information content (AvgIpc) is 2.84. The van der Waals surface area contributed by atoms with Crippen molar-refractivity contribution in [1.82, 2.24) is 10.6 Å². The van der Waals surface area contributed by atoms with Crippen molar-refractivity contribution in [2.24, 2.45) is 0 Å². The number of esters is 1. The molecule has 2 aromatic rings. The number of hydrogen-bond donors (Lipinski definition) is 3. The van der Waals surface area contributed by atoms with Gasteiger partial charge >= 0.3 is 18.4 Å². The molecule has 9 nitrogen and oxygen atoms in total. The summed E-state index contributed by atoms with van der Waals surface area (Å²) < 4.78 is 50.9. The summed E-state index contributed by atoms with van der Waals surface area (Å²) in [5, 5.41) is 7.90. The molecule has 0 heterocycles. The van der Waals surface area contributed by atoms with Gasteiger partial charge in [-0.25, -0.2) is 4.79 Å². The molecule has 0 atom stereocenters. The number of anilines is 1. The van der Waals surface area contributed by atoms with Crippen LogP contribution < -0.4 is 25.4 Å². The molecule has 0 saturated heterocycles. The number of halogens is 3. The number of carbonyl (C=O) groups is 3. The summed E-state index contributed by atoms with van der Waals surface area (Å²) in [6.07, 6.45) is -2.05. The molecule has 0 bridgehead atoms. The second-order valence-corrected chi connectivity index (χ2v) is 8.05. The molecule has 0 aliphatic heterocycles. The molecule has 2 aromatic carbocycles. The van der Waals surface area contributed by atoms with E-state index in [0.717, 1.165) is 12.1 Å². The number of benzene rings is 2. The van der Waals surface area contributed by atoms with Gasteiger partial charge in [-0.05, 0) is 74.2 Å². The highest BCUT2D eigenvalue weighted by Gasteiger charge is 2.31. The lowest BCUT2D eigenvalue weighted by Gasteiger charge is -2.29. The minimum atomic E-state index is -4.78. The SMILES string of the molecule is COC(=O)CNC(=O)c1ccc(O[C@H]2CC[C@H](NC(=O)Nc3ccc(OC(F)(F)F)cc3)CC2)cc1. The summed E-state index contributed by atoms with van der Waals surface area (Å²) >= 11 is 0. The molecule has 3 rings (SSSR count). The van der Waals surface area contributed by atoms with E-state index < -0.39 is 24.3 Å². The number of urea groups is 1. The van der Waals surface area contributed by atoms with Gasteiger partial charge in [0.1, 0.15) is 18.0 Å². The highest BCUT2D eigenvalue weighted by Crippen LogP contribution is 2.25. The highest BCUT2D eigenvalue weighted by atomic mass is 19.4. The predicted octanol–water partition coefficient (Wildman–Crippen LogP) is 4.00. The minimum absolute atomic E-state index is 0.0497. The first kappa shape index (κ1) is 26.6. The Bertz CT molecular complexity index is 1040. The van der Waals surface area contributed by atoms with Crippen LogP contribution in [0.1, 0.15) is 36.0 Å². The molecule has 1 fully saturated rings. The Morgan fingerprint density at radius 1 is 0.917 bits per heavy atom. The minimum Gasteiger partial charge on any atom is -0.490 e. The normalized spacial score (nSPS) is 17.4. The Labute approximate surface area is 205 Å². The van der Waals surface area contributed by atoms with Crippen molar-refractivity contribution >= 4 is 23.6 Å². The van der Waals surface area contributed by atoms with E-state index in [4.69, 9.17) is 4.74 Å². The monoisotopic (exact) mass is 509 g/mol. The number of nitrogens with one attached hydrogen (secondary N) is 3. The van der Waals surface area contributed by atoms with Crippen molar-refractivity contribution in [2.45, 2.75) is 44.2 Å². The number of amides is 3. The molecule has 1 saturated carbocycles. The van der Waals surface area contributed by atoms with Crippen LogP contribution in [0.15, 0.2) is 48.5 Å². The molecule has 3 amide bonds. The van der Waals surface area contributed by atoms with Gasteiger partial charge in [-0.2, -0.15) is 0 Å². The number of methoxy groups -OCH3 is 1. The van der Waals surface area contributed by atoms with E-state index in [9.17, 15) is 27.6 Å². The maximum absolute atomic E-state index is 12.2. The maximum atomic E-state index is 12.2. The summed E-state index contributed by atoms with van der Waals surface area (Å²) in [7, 11) is 1.24. The Kier molecular flexibility index (Phi) is 8.98. The third kappa shape index (κ3) is 8.67. The number of rotatable bonds is 8. The van der Waals surface area contributed by atoms with Crippen LogP contribution in [-0.2, 0) is 9.53 Å². The fraction of sp³-hybridized carbons (Fsp3) is 0.375. The van der Waals surface area contributed by atoms with Gasteiger partial charge in [-0.15, -0.1) is 13.2 Å². The average molecular weight is 509 g/mol. The first-order chi connectivity index (χ1) is 17.1. The van der Waals surface area contributed by atoms with E-state index in [-0.39, 0.29) is 24.4 Å². The van der Waals surface area contributed by atoms with Crippen LogP contribution in [0.25, 0.3) is 0 Å². The van der Waals surface area contributed by atoms with Crippen LogP contribution >= 0.6 is 0 Å². The fourth-order valence-electron chi connectivity index (χ4n) is 3.62. The standard InChI is InChI=1S/C24H26F3N3O6/c1-34-21(31)14-28-22(32)15-2-8-18(9-3-15)35-19-10-4-16(5-11-19)29-23(33)30-17-6-12-20(13-7-17)36-24(25,26)27/h2-3,6-9,12-13,16,19H,4-5,10-11,14H2,1H3,(H,28,32)(H2,29,30,33)/t16-,19-. The van der Waals surface area contributed by atoms with E-state index in [2.05, 4.69) is 25.4 Å². The quantitative estimate of drug-likeness (QED) is 0.464. The molecule has 194 valence electrons. The van der Waals surface area contributed by atoms with Crippen molar-refractivity contribution in [3.05, 3.63) is 54.1 Å². The van der Waals surface area contributed by atoms with Crippen LogP contribution in [0.4, 0.5) is 23.7 Å². The van der Waals surface area contributed by atoms with Gasteiger partial charge in [-0.1, -0.05) is 0 Å². The number of alkyl halides is 3. The van der Waals surface area contributed by atoms with Gasteiger partial charge < -0.3 is 30.2 Å². The second-order valence-electron chi connectivity index (χ2n) is 8.05. The predicted molar refractivity (Wildman–Crippen MR) is 123 cm³/mol. The number of ether oxygens (including phenoxy) is 3. The first-order valence-corrected chi connectivity index (χ1v) is 11.2. The van der Waals surface area contributed by atoms with E-state index in [1.807, 2.05) is 0 Å². The third-order valence-electron chi connectivity index (χ3n) is 5.40. The van der Waals surface area contributed by atoms with Crippen LogP contribution in [0, 0.1) is 0 Å². The van der Waals surface area contributed by atoms with Gasteiger partial charge in [0.15, 0.2) is 0 Å². The Morgan fingerprint density at radius 2 is 1.53 bits per heavy atom. The van der Waals surface area contributed by atoms with Crippen LogP contribution in [0.3, 0.4) is 0 Å². The van der Waals surface area contributed by atoms with Gasteiger partial charge in [0.25, 0.3) is 5.91 Å². The molecule has 0 radical (unpaired) electrons. The largest absolute Gasteiger partial charge is 0.573 e. The van der Waals surface area contributed by atoms with Crippen molar-refractivity contribution in [3.63, 3.8) is 0 Å². The van der Waals surface area contributed by atoms with Crippen LogP contribution in [0.5, 0.6) is 11.5 Å². The lowest BCUT2D eigenvalue weighted by Crippen LogP contribution is -2.41. The molecule has 1 aliphatic rings. The van der Waals surface area contributed by atoms with Gasteiger partial charge in [0.05, 0.1) is 13.2 Å². The van der Waals surface area contributed by atoms with Gasteiger partial charge in [0, 0.05) is 17.3 Å². The summed E-state index contributed by atoms with van der Waals surface area (Å²) in [5.41, 5.74) is 0.717. The van der Waals surface area contributed by atoms with Crippen LogP contribution in [0.2, 0.25) is 0 Å². The van der Waals surface area contributed by atoms with Crippen molar-refractivity contribution in [1.29, 1.82) is 0 Å². The van der Waals surface area contributed by atoms with Crippen molar-refractivity contribution in [3.8, 4) is 11.5 Å². The molecule has 1 aliphatic carbocycles. The summed E-state index contributed by atoms with van der Waals surface area (Å²) in [6.45, 7) is -0.216. The van der Waals surface area contributed by atoms with Gasteiger partial charge in [-0.3, -0.25) is 9.59 Å². The molecule has 12 heteroatoms. The van der Waals surface area contributed by atoms with E-state index in [1.165, 1.54) is 19.2 Å². The van der Waals surface area contributed by atoms with Crippen LogP contribution in [-0.4, -0.2) is 50.1 Å². The Balaban J connectivity index is 1.38. The Morgan fingerprint density at radius 3 is 2.11 bits per heavy atom. The maximum Gasteiger partial charge on any atom is 0.573 e. The molecule has 0 aromatic heterocycles. The fourth-order valence-corrected chi connectivity index (χ4v) is 3.62. The molecule has 36 heavy (non-hydrogen) atoms. The van der Waals surface area contributed by atoms with Gasteiger partial charge in [0.2, 0.25) is 0 Å².